The molecule has 2 atom stereocenters. The lowest BCUT2D eigenvalue weighted by atomic mass is 9.96. The van der Waals surface area contributed by atoms with Gasteiger partial charge in [-0.15, -0.1) is 0 Å². The highest BCUT2D eigenvalue weighted by Gasteiger charge is 2.33. The Kier molecular flexibility index (Phi) is 7.15. The van der Waals surface area contributed by atoms with E-state index in [0.717, 1.165) is 12.8 Å². The van der Waals surface area contributed by atoms with Crippen molar-refractivity contribution in [1.29, 1.82) is 0 Å². The predicted molar refractivity (Wildman–Crippen MR) is 113 cm³/mol. The molecular weight excluding hydrogens is 406 g/mol. The highest BCUT2D eigenvalue weighted by molar-refractivity contribution is 7.89. The fourth-order valence-corrected chi connectivity index (χ4v) is 5.71. The molecule has 2 aliphatic rings. The highest BCUT2D eigenvalue weighted by Crippen LogP contribution is 2.24. The van der Waals surface area contributed by atoms with Crippen molar-refractivity contribution in [2.75, 3.05) is 32.7 Å². The lowest BCUT2D eigenvalue weighted by Crippen LogP contribution is -2.48. The molecule has 2 amide bonds. The molecule has 0 aliphatic carbocycles. The Morgan fingerprint density at radius 1 is 1.13 bits per heavy atom. The number of piperidine rings is 1. The zero-order valence-corrected chi connectivity index (χ0v) is 18.7. The van der Waals surface area contributed by atoms with E-state index in [-0.39, 0.29) is 28.9 Å². The van der Waals surface area contributed by atoms with Crippen molar-refractivity contribution in [3.05, 3.63) is 29.8 Å². The summed E-state index contributed by atoms with van der Waals surface area (Å²) in [6.07, 6.45) is 1.28. The normalized spacial score (nSPS) is 23.9. The molecule has 9 heteroatoms. The van der Waals surface area contributed by atoms with Crippen molar-refractivity contribution in [3.8, 4) is 0 Å². The first-order valence-corrected chi connectivity index (χ1v) is 11.9. The van der Waals surface area contributed by atoms with Gasteiger partial charge in [-0.25, -0.2) is 8.42 Å². The maximum Gasteiger partial charge on any atom is 0.253 e. The van der Waals surface area contributed by atoms with Gasteiger partial charge in [-0.05, 0) is 50.8 Å². The number of hydrogen-bond donors (Lipinski definition) is 1. The maximum absolute atomic E-state index is 13.1. The molecule has 0 saturated carbocycles. The van der Waals surface area contributed by atoms with Crippen molar-refractivity contribution in [3.63, 3.8) is 0 Å². The van der Waals surface area contributed by atoms with Gasteiger partial charge in [0.1, 0.15) is 0 Å². The molecule has 0 spiro atoms. The van der Waals surface area contributed by atoms with E-state index in [2.05, 4.69) is 5.32 Å². The van der Waals surface area contributed by atoms with Crippen LogP contribution < -0.4 is 5.32 Å². The first-order chi connectivity index (χ1) is 14.2. The fraction of sp³-hybridized carbons (Fsp3) is 0.619. The highest BCUT2D eigenvalue weighted by atomic mass is 32.2. The van der Waals surface area contributed by atoms with E-state index in [0.29, 0.717) is 44.2 Å². The van der Waals surface area contributed by atoms with Gasteiger partial charge in [-0.2, -0.15) is 4.31 Å². The van der Waals surface area contributed by atoms with Crippen molar-refractivity contribution >= 4 is 21.8 Å². The molecule has 2 saturated heterocycles. The molecule has 1 aromatic rings. The summed E-state index contributed by atoms with van der Waals surface area (Å²) in [5.74, 6) is 0.152. The molecule has 1 aromatic carbocycles. The topological polar surface area (TPSA) is 96.0 Å². The summed E-state index contributed by atoms with van der Waals surface area (Å²) in [6.45, 7) is 7.62. The molecule has 166 valence electrons. The van der Waals surface area contributed by atoms with Crippen LogP contribution in [0.15, 0.2) is 29.2 Å². The van der Waals surface area contributed by atoms with Crippen molar-refractivity contribution in [2.24, 2.45) is 5.92 Å². The van der Waals surface area contributed by atoms with Gasteiger partial charge in [0.25, 0.3) is 5.91 Å². The van der Waals surface area contributed by atoms with E-state index in [1.54, 1.807) is 17.0 Å². The number of morpholine rings is 1. The largest absolute Gasteiger partial charge is 0.373 e. The van der Waals surface area contributed by atoms with E-state index in [1.807, 2.05) is 13.8 Å². The summed E-state index contributed by atoms with van der Waals surface area (Å²) in [4.78, 5) is 25.9. The Labute approximate surface area is 178 Å². The molecule has 1 N–H and O–H groups in total. The van der Waals surface area contributed by atoms with Crippen LogP contribution >= 0.6 is 0 Å². The molecule has 2 heterocycles. The number of nitrogens with one attached hydrogen (secondary N) is 1. The van der Waals surface area contributed by atoms with Crippen LogP contribution in [0.2, 0.25) is 0 Å². The Balaban J connectivity index is 1.68. The summed E-state index contributed by atoms with van der Waals surface area (Å²) >= 11 is 0. The first-order valence-electron chi connectivity index (χ1n) is 10.5. The van der Waals surface area contributed by atoms with Gasteiger partial charge in [-0.1, -0.05) is 6.07 Å². The van der Waals surface area contributed by atoms with Crippen LogP contribution in [0.4, 0.5) is 0 Å². The lowest BCUT2D eigenvalue weighted by molar-refractivity contribution is -0.119. The summed E-state index contributed by atoms with van der Waals surface area (Å²) < 4.78 is 33.3. The molecule has 30 heavy (non-hydrogen) atoms. The van der Waals surface area contributed by atoms with Gasteiger partial charge in [0, 0.05) is 45.2 Å². The number of nitrogens with zero attached hydrogens (tertiary/aromatic N) is 2. The average Bonchev–Trinajstić information content (AvgIpc) is 2.71. The van der Waals surface area contributed by atoms with Crippen molar-refractivity contribution < 1.29 is 22.7 Å². The maximum atomic E-state index is 13.1. The lowest BCUT2D eigenvalue weighted by Gasteiger charge is -2.34. The second-order valence-corrected chi connectivity index (χ2v) is 10.2. The smallest absolute Gasteiger partial charge is 0.253 e. The Bertz CT molecular complexity index is 870. The number of hydrogen-bond acceptors (Lipinski definition) is 5. The molecule has 0 aromatic heterocycles. The van der Waals surface area contributed by atoms with Gasteiger partial charge in [0.2, 0.25) is 15.9 Å². The molecule has 8 nitrogen and oxygen atoms in total. The van der Waals surface area contributed by atoms with Crippen LogP contribution in [0.3, 0.4) is 0 Å². The van der Waals surface area contributed by atoms with Gasteiger partial charge in [0.05, 0.1) is 17.1 Å². The molecule has 2 fully saturated rings. The van der Waals surface area contributed by atoms with Gasteiger partial charge in [-0.3, -0.25) is 9.59 Å². The average molecular weight is 438 g/mol. The molecule has 0 radical (unpaired) electrons. The standard InChI is InChI=1S/C21H31N3O5S/c1-15-13-24(14-16(2)29-15)30(27,28)20-6-4-5-19(11-20)21(26)23-9-7-18(8-10-23)12-22-17(3)25/h4-6,11,15-16,18H,7-10,12-14H2,1-3H3,(H,22,25)/t15-,16-/m1/s1. The number of sulfonamides is 1. The van der Waals surface area contributed by atoms with E-state index >= 15 is 0 Å². The fourth-order valence-electron chi connectivity index (χ4n) is 4.08. The predicted octanol–water partition coefficient (Wildman–Crippen LogP) is 1.47. The Morgan fingerprint density at radius 3 is 2.37 bits per heavy atom. The van der Waals surface area contributed by atoms with E-state index in [9.17, 15) is 18.0 Å². The number of rotatable bonds is 5. The number of likely N-dealkylation sites (tertiary alicyclic amines) is 1. The zero-order valence-electron chi connectivity index (χ0n) is 17.8. The molecule has 3 rings (SSSR count). The number of amides is 2. The molecule has 0 unspecified atom stereocenters. The minimum atomic E-state index is -3.70. The molecule has 0 bridgehead atoms. The van der Waals surface area contributed by atoms with Crippen LogP contribution in [0.5, 0.6) is 0 Å². The quantitative estimate of drug-likeness (QED) is 0.753. The zero-order chi connectivity index (χ0) is 21.9. The summed E-state index contributed by atoms with van der Waals surface area (Å²) in [6, 6.07) is 6.30. The van der Waals surface area contributed by atoms with Crippen molar-refractivity contribution in [2.45, 2.75) is 50.7 Å². The number of carbonyl (C=O) groups is 2. The second kappa shape index (κ2) is 9.45. The third-order valence-electron chi connectivity index (χ3n) is 5.65. The van der Waals surface area contributed by atoms with Crippen LogP contribution in [-0.2, 0) is 19.6 Å². The van der Waals surface area contributed by atoms with Crippen molar-refractivity contribution in [1.82, 2.24) is 14.5 Å². The Morgan fingerprint density at radius 2 is 1.77 bits per heavy atom. The van der Waals surface area contributed by atoms with Crippen LogP contribution in [0, 0.1) is 5.92 Å². The third-order valence-corrected chi connectivity index (χ3v) is 7.47. The minimum Gasteiger partial charge on any atom is -0.373 e. The first kappa shape index (κ1) is 22.7. The van der Waals surface area contributed by atoms with Crippen LogP contribution in [-0.4, -0.2) is 74.4 Å². The van der Waals surface area contributed by atoms with E-state index in [4.69, 9.17) is 4.74 Å². The number of carbonyl (C=O) groups excluding carboxylic acids is 2. The summed E-state index contributed by atoms with van der Waals surface area (Å²) in [5, 5.41) is 2.83. The second-order valence-electron chi connectivity index (χ2n) is 8.28. The summed E-state index contributed by atoms with van der Waals surface area (Å²) in [5.41, 5.74) is 0.380. The third kappa shape index (κ3) is 5.39. The van der Waals surface area contributed by atoms with Gasteiger partial charge in [0.15, 0.2) is 0 Å². The van der Waals surface area contributed by atoms with Crippen LogP contribution in [0.25, 0.3) is 0 Å². The molecule has 2 aliphatic heterocycles. The number of ether oxygens (including phenoxy) is 1. The summed E-state index contributed by atoms with van der Waals surface area (Å²) in [7, 11) is -3.70. The Hall–Kier alpha value is -1.97. The van der Waals surface area contributed by atoms with E-state index in [1.165, 1.54) is 23.4 Å². The molecular formula is C21H31N3O5S. The van der Waals surface area contributed by atoms with E-state index < -0.39 is 10.0 Å². The van der Waals surface area contributed by atoms with Gasteiger partial charge < -0.3 is 15.0 Å². The van der Waals surface area contributed by atoms with Gasteiger partial charge >= 0.3 is 0 Å². The minimum absolute atomic E-state index is 0.0458. The monoisotopic (exact) mass is 437 g/mol. The number of benzene rings is 1. The SMILES string of the molecule is CC(=O)NCC1CCN(C(=O)c2cccc(S(=O)(=O)N3C[C@@H](C)O[C@H](C)C3)c2)CC1. The van der Waals surface area contributed by atoms with Crippen LogP contribution in [0.1, 0.15) is 44.0 Å².